The number of pyridine rings is 1. The predicted molar refractivity (Wildman–Crippen MR) is 108 cm³/mol. The molecule has 2 aromatic carbocycles. The smallest absolute Gasteiger partial charge is 0.382 e. The Balaban J connectivity index is 2.01. The minimum absolute atomic E-state index is 0.0150. The number of benzene rings is 2. The Morgan fingerprint density at radius 1 is 1.13 bits per heavy atom. The highest BCUT2D eigenvalue weighted by atomic mass is 35.5. The van der Waals surface area contributed by atoms with E-state index in [9.17, 15) is 18.4 Å². The van der Waals surface area contributed by atoms with Crippen molar-refractivity contribution in [2.24, 2.45) is 10.2 Å². The average molecular weight is 431 g/mol. The number of halogens is 4. The van der Waals surface area contributed by atoms with Gasteiger partial charge in [0.05, 0.1) is 16.1 Å². The summed E-state index contributed by atoms with van der Waals surface area (Å²) in [5.74, 6) is 0.187. The van der Waals surface area contributed by atoms with Gasteiger partial charge in [-0.3, -0.25) is 0 Å². The molecule has 0 saturated carbocycles. The second kappa shape index (κ2) is 8.39. The fourth-order valence-corrected chi connectivity index (χ4v) is 2.75. The van der Waals surface area contributed by atoms with Crippen LogP contribution in [-0.4, -0.2) is 4.98 Å². The molecule has 0 atom stereocenters. The molecule has 6 nitrogen and oxygen atoms in total. The quantitative estimate of drug-likeness (QED) is 0.451. The summed E-state index contributed by atoms with van der Waals surface area (Å²) in [6, 6.07) is 13.8. The minimum atomic E-state index is -4.55. The molecule has 0 radical (unpaired) electrons. The number of alkyl halides is 3. The third-order valence-electron chi connectivity index (χ3n) is 4.12. The number of nitrogens with two attached hydrogens (primary N) is 1. The van der Waals surface area contributed by atoms with E-state index in [1.807, 2.05) is 24.3 Å². The van der Waals surface area contributed by atoms with Crippen LogP contribution in [0, 0.1) is 18.3 Å². The topological polar surface area (TPSA) is 99.5 Å². The largest absolute Gasteiger partial charge is 0.416 e. The van der Waals surface area contributed by atoms with Crippen molar-refractivity contribution in [3.8, 4) is 6.07 Å². The van der Waals surface area contributed by atoms with E-state index in [2.05, 4.69) is 20.5 Å². The molecule has 0 aliphatic carbocycles. The fraction of sp³-hybridized carbons (Fsp3) is 0.100. The Kier molecular flexibility index (Phi) is 5.89. The molecule has 3 N–H and O–H groups in total. The standard InChI is InChI=1S/C20H14ClF3N6/c1-11-14(10-25)19(27-13-5-3-2-4-6-13)28-18(26)17(11)30-29-16-9-12(20(22,23)24)7-8-15(16)21/h2-9H,1H3,(H3,26,27,28)/b30-29+. The van der Waals surface area contributed by atoms with Crippen LogP contribution in [-0.2, 0) is 6.18 Å². The molecule has 3 rings (SSSR count). The van der Waals surface area contributed by atoms with Crippen LogP contribution in [0.25, 0.3) is 0 Å². The van der Waals surface area contributed by atoms with Crippen LogP contribution in [0.2, 0.25) is 5.02 Å². The summed E-state index contributed by atoms with van der Waals surface area (Å²) >= 11 is 5.94. The average Bonchev–Trinajstić information content (AvgIpc) is 2.69. The van der Waals surface area contributed by atoms with E-state index >= 15 is 0 Å². The van der Waals surface area contributed by atoms with Crippen LogP contribution >= 0.6 is 11.6 Å². The first-order valence-corrected chi connectivity index (χ1v) is 8.89. The van der Waals surface area contributed by atoms with Gasteiger partial charge in [0.2, 0.25) is 0 Å². The summed E-state index contributed by atoms with van der Waals surface area (Å²) in [6.07, 6.45) is -4.55. The fourth-order valence-electron chi connectivity index (χ4n) is 2.60. The summed E-state index contributed by atoms with van der Waals surface area (Å²) in [7, 11) is 0. The summed E-state index contributed by atoms with van der Waals surface area (Å²) in [5.41, 5.74) is 6.19. The summed E-state index contributed by atoms with van der Waals surface area (Å²) in [5, 5.41) is 20.3. The molecule has 0 saturated heterocycles. The Morgan fingerprint density at radius 2 is 1.83 bits per heavy atom. The number of aromatic nitrogens is 1. The minimum Gasteiger partial charge on any atom is -0.382 e. The molecule has 30 heavy (non-hydrogen) atoms. The van der Waals surface area contributed by atoms with Crippen molar-refractivity contribution in [3.63, 3.8) is 0 Å². The van der Waals surface area contributed by atoms with Gasteiger partial charge in [0.25, 0.3) is 0 Å². The highest BCUT2D eigenvalue weighted by molar-refractivity contribution is 6.33. The van der Waals surface area contributed by atoms with Crippen molar-refractivity contribution in [3.05, 3.63) is 70.2 Å². The van der Waals surface area contributed by atoms with E-state index in [1.165, 1.54) is 0 Å². The molecule has 3 aromatic rings. The number of rotatable bonds is 4. The first kappa shape index (κ1) is 21.1. The van der Waals surface area contributed by atoms with Gasteiger partial charge < -0.3 is 11.1 Å². The molecule has 0 aliphatic rings. The number of nitrogens with one attached hydrogen (secondary N) is 1. The van der Waals surface area contributed by atoms with Crippen LogP contribution in [0.3, 0.4) is 0 Å². The zero-order chi connectivity index (χ0) is 21.9. The van der Waals surface area contributed by atoms with Crippen LogP contribution in [0.4, 0.5) is 41.9 Å². The normalized spacial score (nSPS) is 11.5. The predicted octanol–water partition coefficient (Wildman–Crippen LogP) is 6.68. The second-order valence-electron chi connectivity index (χ2n) is 6.16. The zero-order valence-electron chi connectivity index (χ0n) is 15.5. The van der Waals surface area contributed by atoms with E-state index in [4.69, 9.17) is 17.3 Å². The summed E-state index contributed by atoms with van der Waals surface area (Å²) in [6.45, 7) is 1.59. The van der Waals surface area contributed by atoms with E-state index in [0.717, 1.165) is 18.2 Å². The van der Waals surface area contributed by atoms with E-state index < -0.39 is 11.7 Å². The molecule has 1 heterocycles. The lowest BCUT2D eigenvalue weighted by atomic mass is 10.1. The van der Waals surface area contributed by atoms with Crippen molar-refractivity contribution in [1.29, 1.82) is 5.26 Å². The third-order valence-corrected chi connectivity index (χ3v) is 4.44. The summed E-state index contributed by atoms with van der Waals surface area (Å²) < 4.78 is 38.8. The Morgan fingerprint density at radius 3 is 2.47 bits per heavy atom. The number of nitrogens with zero attached hydrogens (tertiary/aromatic N) is 4. The maximum absolute atomic E-state index is 12.9. The lowest BCUT2D eigenvalue weighted by Crippen LogP contribution is -2.04. The number of hydrogen-bond acceptors (Lipinski definition) is 6. The molecule has 0 unspecified atom stereocenters. The van der Waals surface area contributed by atoms with Crippen LogP contribution in [0.15, 0.2) is 58.8 Å². The van der Waals surface area contributed by atoms with Gasteiger partial charge in [0.1, 0.15) is 17.4 Å². The van der Waals surface area contributed by atoms with Crippen LogP contribution < -0.4 is 11.1 Å². The number of azo groups is 1. The molecule has 1 aromatic heterocycles. The Labute approximate surface area is 174 Å². The van der Waals surface area contributed by atoms with E-state index in [-0.39, 0.29) is 33.6 Å². The molecule has 10 heteroatoms. The van der Waals surface area contributed by atoms with Crippen molar-refractivity contribution >= 4 is 40.3 Å². The number of nitrogen functional groups attached to an aromatic ring is 1. The maximum atomic E-state index is 12.9. The van der Waals surface area contributed by atoms with Gasteiger partial charge >= 0.3 is 6.18 Å². The molecule has 0 fully saturated rings. The number of para-hydroxylation sites is 1. The number of anilines is 3. The highest BCUT2D eigenvalue weighted by Gasteiger charge is 2.31. The SMILES string of the molecule is Cc1c(C#N)c(Nc2ccccc2)nc(N)c1/N=N/c1cc(C(F)(F)F)ccc1Cl. The molecule has 0 aliphatic heterocycles. The summed E-state index contributed by atoms with van der Waals surface area (Å²) in [4.78, 5) is 4.17. The van der Waals surface area contributed by atoms with Crippen molar-refractivity contribution in [2.45, 2.75) is 13.1 Å². The van der Waals surface area contributed by atoms with Gasteiger partial charge in [0.15, 0.2) is 11.6 Å². The first-order chi connectivity index (χ1) is 14.2. The van der Waals surface area contributed by atoms with Gasteiger partial charge in [-0.15, -0.1) is 10.2 Å². The third kappa shape index (κ3) is 4.50. The van der Waals surface area contributed by atoms with E-state index in [1.54, 1.807) is 19.1 Å². The Bertz CT molecular complexity index is 1150. The Hall–Kier alpha value is -3.64. The molecular weight excluding hydrogens is 417 g/mol. The van der Waals surface area contributed by atoms with E-state index in [0.29, 0.717) is 11.3 Å². The molecule has 0 spiro atoms. The maximum Gasteiger partial charge on any atom is 0.416 e. The lowest BCUT2D eigenvalue weighted by molar-refractivity contribution is -0.137. The molecular formula is C20H14ClF3N6. The van der Waals surface area contributed by atoms with Crippen molar-refractivity contribution < 1.29 is 13.2 Å². The van der Waals surface area contributed by atoms with Gasteiger partial charge in [-0.2, -0.15) is 18.4 Å². The first-order valence-electron chi connectivity index (χ1n) is 8.51. The van der Waals surface area contributed by atoms with Crippen molar-refractivity contribution in [1.82, 2.24) is 4.98 Å². The number of hydrogen-bond donors (Lipinski definition) is 2. The number of nitriles is 1. The zero-order valence-corrected chi connectivity index (χ0v) is 16.3. The molecule has 152 valence electrons. The lowest BCUT2D eigenvalue weighted by Gasteiger charge is -2.12. The van der Waals surface area contributed by atoms with Gasteiger partial charge in [-0.1, -0.05) is 29.8 Å². The van der Waals surface area contributed by atoms with Gasteiger partial charge in [-0.05, 0) is 37.3 Å². The monoisotopic (exact) mass is 430 g/mol. The van der Waals surface area contributed by atoms with Gasteiger partial charge in [0, 0.05) is 11.3 Å². The van der Waals surface area contributed by atoms with Crippen LogP contribution in [0.1, 0.15) is 16.7 Å². The highest BCUT2D eigenvalue weighted by Crippen LogP contribution is 2.37. The molecule has 0 bridgehead atoms. The van der Waals surface area contributed by atoms with Crippen molar-refractivity contribution in [2.75, 3.05) is 11.1 Å². The molecule has 0 amide bonds. The second-order valence-corrected chi connectivity index (χ2v) is 6.57. The van der Waals surface area contributed by atoms with Crippen LogP contribution in [0.5, 0.6) is 0 Å². The van der Waals surface area contributed by atoms with Gasteiger partial charge in [-0.25, -0.2) is 4.98 Å².